The molecule has 6 fully saturated rings. The molecule has 8 atom stereocenters. The number of amides is 5. The zero-order valence-electron chi connectivity index (χ0n) is 33.0. The lowest BCUT2D eigenvalue weighted by molar-refractivity contribution is -0.142. The van der Waals surface area contributed by atoms with Crippen molar-refractivity contribution in [3.63, 3.8) is 0 Å². The second-order valence-electron chi connectivity index (χ2n) is 17.5. The first-order chi connectivity index (χ1) is 28.0. The molecule has 4 bridgehead atoms. The van der Waals surface area contributed by atoms with Crippen molar-refractivity contribution in [1.29, 1.82) is 0 Å². The van der Waals surface area contributed by atoms with Crippen molar-refractivity contribution in [2.24, 2.45) is 17.8 Å². The molecule has 7 aliphatic rings. The Hall–Kier alpha value is -4.44. The summed E-state index contributed by atoms with van der Waals surface area (Å²) in [5.41, 5.74) is 0.142. The molecular formula is C42H54N6O9S. The van der Waals surface area contributed by atoms with Gasteiger partial charge in [0.2, 0.25) is 27.7 Å². The molecule has 1 aromatic heterocycles. The van der Waals surface area contributed by atoms with Gasteiger partial charge in [0.05, 0.1) is 30.5 Å². The number of sulfonamides is 1. The molecule has 2 unspecified atom stereocenters. The number of hydrogen-bond acceptors (Lipinski definition) is 10. The number of nitrogens with zero attached hydrogens (tertiary/aromatic N) is 3. The molecule has 4 heterocycles. The lowest BCUT2D eigenvalue weighted by Crippen LogP contribution is -2.59. The smallest absolute Gasteiger partial charge is 0.318 e. The summed E-state index contributed by atoms with van der Waals surface area (Å²) < 4.78 is 46.4. The van der Waals surface area contributed by atoms with Gasteiger partial charge in [0.15, 0.2) is 0 Å². The maximum absolute atomic E-state index is 15.0. The maximum Gasteiger partial charge on any atom is 0.318 e. The molecule has 2 aromatic rings. The van der Waals surface area contributed by atoms with Gasteiger partial charge in [-0.15, -0.1) is 6.58 Å². The summed E-state index contributed by atoms with van der Waals surface area (Å²) in [5.74, 6) is -0.674. The highest BCUT2D eigenvalue weighted by molar-refractivity contribution is 7.91. The van der Waals surface area contributed by atoms with Crippen LogP contribution in [0.15, 0.2) is 36.9 Å². The first-order valence-corrected chi connectivity index (χ1v) is 22.6. The number of pyridine rings is 1. The summed E-state index contributed by atoms with van der Waals surface area (Å²) >= 11 is 0. The van der Waals surface area contributed by atoms with E-state index in [4.69, 9.17) is 19.2 Å². The van der Waals surface area contributed by atoms with Gasteiger partial charge in [0.25, 0.3) is 5.91 Å². The average molecular weight is 819 g/mol. The van der Waals surface area contributed by atoms with Gasteiger partial charge in [0, 0.05) is 49.1 Å². The van der Waals surface area contributed by atoms with E-state index in [0.29, 0.717) is 55.6 Å². The van der Waals surface area contributed by atoms with E-state index in [0.717, 1.165) is 62.3 Å². The van der Waals surface area contributed by atoms with Gasteiger partial charge < -0.3 is 34.6 Å². The Balaban J connectivity index is 1.06. The molecule has 3 N–H and O–H groups in total. The van der Waals surface area contributed by atoms with E-state index in [1.54, 1.807) is 18.1 Å². The summed E-state index contributed by atoms with van der Waals surface area (Å²) in [4.78, 5) is 65.3. The standard InChI is InChI=1S/C42H54N6O9S/c1-3-27-21-42(27,40(51)46-58(53,54)31-12-13-31)45-37(49)35-20-30-23-48(35)39(50)36(24-7-4-5-8-24)44-41(52)47-15-14-29(22-47)56-16-6-9-25-17-32(25)33-18-26-10-11-28(55-2)19-34(26)43-38(33)57-30/h3,10-11,18-19,24-25,27,29-32,35-36H,1,4-9,12-17,20-23H2,2H3,(H,44,52)(H,45,49)(H,46,51)/t25?,27-,29+,30-,32?,35+,36+,42-/m1/s1. The Morgan fingerprint density at radius 1 is 1.02 bits per heavy atom. The third kappa shape index (κ3) is 7.62. The molecule has 0 radical (unpaired) electrons. The Bertz CT molecular complexity index is 2110. The Kier molecular flexibility index (Phi) is 10.3. The number of urea groups is 1. The predicted molar refractivity (Wildman–Crippen MR) is 212 cm³/mol. The quantitative estimate of drug-likeness (QED) is 0.333. The lowest BCUT2D eigenvalue weighted by Gasteiger charge is -2.33. The van der Waals surface area contributed by atoms with Crippen molar-refractivity contribution in [2.45, 2.75) is 118 Å². The third-order valence-electron chi connectivity index (χ3n) is 13.6. The Morgan fingerprint density at radius 2 is 1.81 bits per heavy atom. The topological polar surface area (TPSA) is 186 Å². The summed E-state index contributed by atoms with van der Waals surface area (Å²) in [6.07, 6.45) is 8.93. The first kappa shape index (κ1) is 39.0. The molecule has 0 spiro atoms. The van der Waals surface area contributed by atoms with Crippen molar-refractivity contribution in [3.8, 4) is 11.6 Å². The molecule has 312 valence electrons. The van der Waals surface area contributed by atoms with Crippen molar-refractivity contribution in [2.75, 3.05) is 33.4 Å². The fourth-order valence-corrected chi connectivity index (χ4v) is 11.2. The zero-order valence-corrected chi connectivity index (χ0v) is 33.8. The number of hydrogen-bond donors (Lipinski definition) is 3. The number of fused-ring (bicyclic) bond motifs is 8. The summed E-state index contributed by atoms with van der Waals surface area (Å²) in [6.45, 7) is 5.45. The summed E-state index contributed by atoms with van der Waals surface area (Å²) in [5, 5.41) is 6.30. The van der Waals surface area contributed by atoms with Crippen LogP contribution < -0.4 is 24.8 Å². The molecule has 5 amide bonds. The van der Waals surface area contributed by atoms with Gasteiger partial charge in [-0.2, -0.15) is 0 Å². The Labute approximate surface area is 339 Å². The van der Waals surface area contributed by atoms with Gasteiger partial charge >= 0.3 is 6.03 Å². The van der Waals surface area contributed by atoms with Crippen molar-refractivity contribution in [3.05, 3.63) is 42.5 Å². The van der Waals surface area contributed by atoms with Crippen LogP contribution in [0.4, 0.5) is 4.79 Å². The molecule has 9 rings (SSSR count). The monoisotopic (exact) mass is 818 g/mol. The van der Waals surface area contributed by atoms with Crippen molar-refractivity contribution < 1.29 is 41.8 Å². The number of rotatable bonds is 8. The predicted octanol–water partition coefficient (Wildman–Crippen LogP) is 3.52. The van der Waals surface area contributed by atoms with Crippen LogP contribution in [0.3, 0.4) is 0 Å². The molecule has 4 saturated carbocycles. The molecule has 16 heteroatoms. The minimum absolute atomic E-state index is 0.0428. The van der Waals surface area contributed by atoms with Crippen LogP contribution in [0, 0.1) is 17.8 Å². The van der Waals surface area contributed by atoms with Gasteiger partial charge in [-0.25, -0.2) is 18.2 Å². The normalized spacial score (nSPS) is 32.8. The highest BCUT2D eigenvalue weighted by Gasteiger charge is 2.62. The van der Waals surface area contributed by atoms with E-state index in [1.165, 1.54) is 4.90 Å². The number of nitrogens with one attached hydrogen (secondary N) is 3. The van der Waals surface area contributed by atoms with E-state index in [2.05, 4.69) is 28.0 Å². The van der Waals surface area contributed by atoms with Crippen molar-refractivity contribution in [1.82, 2.24) is 30.1 Å². The first-order valence-electron chi connectivity index (χ1n) is 21.1. The highest BCUT2D eigenvalue weighted by atomic mass is 32.2. The average Bonchev–Trinajstić information content (AvgIpc) is 4.17. The lowest BCUT2D eigenvalue weighted by atomic mass is 9.96. The zero-order chi connectivity index (χ0) is 40.3. The minimum Gasteiger partial charge on any atom is -0.497 e. The van der Waals surface area contributed by atoms with Crippen LogP contribution >= 0.6 is 0 Å². The molecular weight excluding hydrogens is 765 g/mol. The fraction of sp³-hybridized carbons (Fsp3) is 0.643. The number of carbonyl (C=O) groups is 4. The molecule has 4 aliphatic carbocycles. The van der Waals surface area contributed by atoms with Gasteiger partial charge in [-0.1, -0.05) is 18.9 Å². The van der Waals surface area contributed by atoms with Crippen LogP contribution in [0.25, 0.3) is 10.9 Å². The van der Waals surface area contributed by atoms with Crippen LogP contribution in [-0.4, -0.2) is 115 Å². The maximum atomic E-state index is 15.0. The van der Waals surface area contributed by atoms with Gasteiger partial charge in [-0.3, -0.25) is 19.1 Å². The van der Waals surface area contributed by atoms with Gasteiger partial charge in [-0.05, 0) is 93.7 Å². The van der Waals surface area contributed by atoms with Gasteiger partial charge in [0.1, 0.15) is 29.5 Å². The molecule has 3 aliphatic heterocycles. The fourth-order valence-electron chi connectivity index (χ4n) is 9.85. The van der Waals surface area contributed by atoms with E-state index < -0.39 is 56.7 Å². The Morgan fingerprint density at radius 3 is 2.55 bits per heavy atom. The molecule has 1 aromatic carbocycles. The summed E-state index contributed by atoms with van der Waals surface area (Å²) in [7, 11) is -2.29. The number of methoxy groups -OCH3 is 1. The van der Waals surface area contributed by atoms with Crippen LogP contribution in [-0.2, 0) is 29.1 Å². The van der Waals surface area contributed by atoms with Crippen molar-refractivity contribution >= 4 is 44.7 Å². The number of ether oxygens (including phenoxy) is 3. The molecule has 15 nitrogen and oxygen atoms in total. The molecule has 2 saturated heterocycles. The van der Waals surface area contributed by atoms with Crippen LogP contribution in [0.5, 0.6) is 11.6 Å². The largest absolute Gasteiger partial charge is 0.497 e. The second-order valence-corrected chi connectivity index (χ2v) is 19.5. The molecule has 58 heavy (non-hydrogen) atoms. The van der Waals surface area contributed by atoms with Crippen LogP contribution in [0.2, 0.25) is 0 Å². The van der Waals surface area contributed by atoms with E-state index in [1.807, 2.05) is 18.2 Å². The minimum atomic E-state index is -3.89. The van der Waals surface area contributed by atoms with E-state index in [-0.39, 0.29) is 49.3 Å². The SMILES string of the molecule is C=C[C@@H]1C[C@]1(NC(=O)[C@@H]1C[C@@H]2CN1C(=O)[C@H](C1CCCC1)NC(=O)N1CC[C@@H](C1)OCCCC1CC1c1cc3ccc(OC)cc3nc1O2)C(=O)NS(=O)(=O)C1CC1. The number of carbonyl (C=O) groups excluding carboxylic acids is 4. The second kappa shape index (κ2) is 15.3. The summed E-state index contributed by atoms with van der Waals surface area (Å²) in [6, 6.07) is 5.57. The van der Waals surface area contributed by atoms with E-state index >= 15 is 0 Å². The number of aromatic nitrogens is 1. The highest BCUT2D eigenvalue weighted by Crippen LogP contribution is 2.53. The van der Waals surface area contributed by atoms with Crippen LogP contribution in [0.1, 0.15) is 88.5 Å². The number of benzene rings is 1. The van der Waals surface area contributed by atoms with E-state index in [9.17, 15) is 27.6 Å². The third-order valence-corrected chi connectivity index (χ3v) is 15.5.